The molecule has 1 saturated carbocycles. The lowest BCUT2D eigenvalue weighted by atomic mass is 9.89. The van der Waals surface area contributed by atoms with Crippen LogP contribution in [0.25, 0.3) is 0 Å². The zero-order valence-electron chi connectivity index (χ0n) is 24.3. The zero-order valence-corrected chi connectivity index (χ0v) is 27.8. The van der Waals surface area contributed by atoms with Crippen molar-refractivity contribution in [1.29, 1.82) is 0 Å². The third-order valence-corrected chi connectivity index (χ3v) is 19.0. The molecule has 34 heavy (non-hydrogen) atoms. The van der Waals surface area contributed by atoms with E-state index in [1.165, 1.54) is 32.1 Å². The smallest absolute Gasteiger partial charge is 0.192 e. The van der Waals surface area contributed by atoms with Gasteiger partial charge in [0.25, 0.3) is 0 Å². The third-order valence-electron chi connectivity index (χ3n) is 9.24. The van der Waals surface area contributed by atoms with Gasteiger partial charge in [0.1, 0.15) is 0 Å². The topological polar surface area (TPSA) is 18.5 Å². The van der Waals surface area contributed by atoms with E-state index in [1.807, 2.05) is 0 Å². The van der Waals surface area contributed by atoms with Crippen molar-refractivity contribution in [3.63, 3.8) is 0 Å². The van der Waals surface area contributed by atoms with Crippen molar-refractivity contribution in [2.75, 3.05) is 5.33 Å². The molecule has 0 spiro atoms. The van der Waals surface area contributed by atoms with E-state index in [-0.39, 0.29) is 16.2 Å². The van der Waals surface area contributed by atoms with E-state index in [4.69, 9.17) is 8.85 Å². The number of hydrogen-bond donors (Lipinski definition) is 0. The fourth-order valence-electron chi connectivity index (χ4n) is 4.96. The van der Waals surface area contributed by atoms with Gasteiger partial charge in [-0.3, -0.25) is 0 Å². The predicted octanol–water partition coefficient (Wildman–Crippen LogP) is 9.88. The minimum atomic E-state index is -1.82. The van der Waals surface area contributed by atoms with Crippen molar-refractivity contribution in [2.45, 2.75) is 135 Å². The summed E-state index contributed by atoms with van der Waals surface area (Å²) in [7, 11) is -3.64. The van der Waals surface area contributed by atoms with E-state index < -0.39 is 16.6 Å². The number of rotatable bonds is 11. The van der Waals surface area contributed by atoms with Gasteiger partial charge < -0.3 is 8.85 Å². The molecule has 2 nitrogen and oxygen atoms in total. The normalized spacial score (nSPS) is 27.4. The van der Waals surface area contributed by atoms with Gasteiger partial charge in [0.15, 0.2) is 16.6 Å². The number of allylic oxidation sites excluding steroid dienone is 2. The van der Waals surface area contributed by atoms with Crippen molar-refractivity contribution in [2.24, 2.45) is 17.8 Å². The second-order valence-corrected chi connectivity index (χ2v) is 24.1. The number of alkyl halides is 1. The number of unbranched alkanes of at least 4 members (excludes halogenated alkanes) is 2. The van der Waals surface area contributed by atoms with Crippen LogP contribution in [0.1, 0.15) is 87.0 Å². The Bertz CT molecular complexity index is 715. The highest BCUT2D eigenvalue weighted by Gasteiger charge is 2.48. The molecular formula is C29H55BrO2Si2. The first-order valence-corrected chi connectivity index (χ1v) is 20.8. The SMILES string of the molecule is CCCCCC(/C=C/C1C(O[Si](C)(C)C(C)(C)C)CC2C=C(CBr)CC21)O[Si](C)(C)C(C)(C)C. The van der Waals surface area contributed by atoms with Crippen LogP contribution >= 0.6 is 15.9 Å². The highest BCUT2D eigenvalue weighted by atomic mass is 79.9. The molecule has 0 heterocycles. The van der Waals surface area contributed by atoms with Crippen molar-refractivity contribution in [3.05, 3.63) is 23.8 Å². The summed E-state index contributed by atoms with van der Waals surface area (Å²) < 4.78 is 14.0. The lowest BCUT2D eigenvalue weighted by Crippen LogP contribution is -2.45. The molecule has 0 bridgehead atoms. The van der Waals surface area contributed by atoms with E-state index in [9.17, 15) is 0 Å². The molecule has 2 rings (SSSR count). The molecule has 2 aliphatic rings. The van der Waals surface area contributed by atoms with Gasteiger partial charge in [0, 0.05) is 11.2 Å². The molecule has 5 heteroatoms. The summed E-state index contributed by atoms with van der Waals surface area (Å²) in [6.45, 7) is 26.0. The van der Waals surface area contributed by atoms with Crippen LogP contribution in [-0.2, 0) is 8.85 Å². The number of halogens is 1. The van der Waals surface area contributed by atoms with Crippen LogP contribution in [0.5, 0.6) is 0 Å². The number of hydrogen-bond acceptors (Lipinski definition) is 2. The highest BCUT2D eigenvalue weighted by molar-refractivity contribution is 9.09. The summed E-state index contributed by atoms with van der Waals surface area (Å²) in [6, 6.07) is 0. The zero-order chi connectivity index (χ0) is 25.9. The van der Waals surface area contributed by atoms with Gasteiger partial charge in [0.2, 0.25) is 0 Å². The lowest BCUT2D eigenvalue weighted by molar-refractivity contribution is 0.147. The Hall–Kier alpha value is 0.314. The first-order chi connectivity index (χ1) is 15.5. The van der Waals surface area contributed by atoms with Gasteiger partial charge in [-0.2, -0.15) is 0 Å². The average Bonchev–Trinajstić information content (AvgIpc) is 3.21. The lowest BCUT2D eigenvalue weighted by Gasteiger charge is -2.40. The summed E-state index contributed by atoms with van der Waals surface area (Å²) in [5.41, 5.74) is 1.58. The van der Waals surface area contributed by atoms with Crippen LogP contribution in [0.15, 0.2) is 23.8 Å². The molecule has 198 valence electrons. The molecule has 0 aliphatic heterocycles. The summed E-state index contributed by atoms with van der Waals surface area (Å²) in [4.78, 5) is 0. The average molecular weight is 572 g/mol. The van der Waals surface area contributed by atoms with Crippen LogP contribution in [-0.4, -0.2) is 34.2 Å². The Labute approximate surface area is 223 Å². The summed E-state index contributed by atoms with van der Waals surface area (Å²) in [6.07, 6.45) is 15.4. The Morgan fingerprint density at radius 1 is 1.03 bits per heavy atom. The van der Waals surface area contributed by atoms with Gasteiger partial charge in [-0.1, -0.05) is 107 Å². The van der Waals surface area contributed by atoms with E-state index in [2.05, 4.69) is 109 Å². The Morgan fingerprint density at radius 2 is 1.65 bits per heavy atom. The molecule has 0 aromatic rings. The quantitative estimate of drug-likeness (QED) is 0.106. The molecular weight excluding hydrogens is 516 g/mol. The second-order valence-electron chi connectivity index (χ2n) is 14.0. The van der Waals surface area contributed by atoms with E-state index in [1.54, 1.807) is 5.57 Å². The minimum absolute atomic E-state index is 0.227. The summed E-state index contributed by atoms with van der Waals surface area (Å²) >= 11 is 3.72. The third kappa shape index (κ3) is 7.66. The van der Waals surface area contributed by atoms with Crippen LogP contribution in [0.3, 0.4) is 0 Å². The predicted molar refractivity (Wildman–Crippen MR) is 159 cm³/mol. The molecule has 1 fully saturated rings. The van der Waals surface area contributed by atoms with Gasteiger partial charge in [-0.05, 0) is 67.4 Å². The largest absolute Gasteiger partial charge is 0.413 e. The maximum atomic E-state index is 7.08. The Balaban J connectivity index is 2.28. The van der Waals surface area contributed by atoms with E-state index >= 15 is 0 Å². The number of fused-ring (bicyclic) bond motifs is 1. The monoisotopic (exact) mass is 570 g/mol. The molecule has 0 N–H and O–H groups in total. The van der Waals surface area contributed by atoms with Crippen molar-refractivity contribution in [3.8, 4) is 0 Å². The summed E-state index contributed by atoms with van der Waals surface area (Å²) in [5.74, 6) is 1.84. The molecule has 0 aromatic heterocycles. The molecule has 5 atom stereocenters. The molecule has 5 unspecified atom stereocenters. The molecule has 2 aliphatic carbocycles. The van der Waals surface area contributed by atoms with Crippen molar-refractivity contribution in [1.82, 2.24) is 0 Å². The van der Waals surface area contributed by atoms with Crippen molar-refractivity contribution >= 4 is 32.6 Å². The summed E-state index contributed by atoms with van der Waals surface area (Å²) in [5, 5.41) is 1.48. The van der Waals surface area contributed by atoms with Gasteiger partial charge >= 0.3 is 0 Å². The van der Waals surface area contributed by atoms with E-state index in [0.29, 0.717) is 23.9 Å². The molecule has 0 aromatic carbocycles. The van der Waals surface area contributed by atoms with Crippen molar-refractivity contribution < 1.29 is 8.85 Å². The maximum absolute atomic E-state index is 7.08. The fourth-order valence-corrected chi connectivity index (χ4v) is 8.05. The molecule has 0 radical (unpaired) electrons. The first kappa shape index (κ1) is 30.5. The Kier molecular flexibility index (Phi) is 10.6. The van der Waals surface area contributed by atoms with Gasteiger partial charge in [-0.15, -0.1) is 0 Å². The van der Waals surface area contributed by atoms with Crippen LogP contribution in [0.2, 0.25) is 36.3 Å². The van der Waals surface area contributed by atoms with Crippen LogP contribution < -0.4 is 0 Å². The standard InChI is InChI=1S/C29H55BrO2Si2/c1-12-13-14-15-24(31-33(8,9)28(2,3)4)16-17-25-26-19-22(21-30)18-23(26)20-27(25)32-34(10,11)29(5,6)7/h16-18,23-27H,12-15,19-21H2,1-11H3/b17-16+. The Morgan fingerprint density at radius 3 is 2.18 bits per heavy atom. The molecule has 0 amide bonds. The fraction of sp³-hybridized carbons (Fsp3) is 0.862. The minimum Gasteiger partial charge on any atom is -0.413 e. The van der Waals surface area contributed by atoms with Crippen LogP contribution in [0, 0.1) is 17.8 Å². The van der Waals surface area contributed by atoms with Gasteiger partial charge in [-0.25, -0.2) is 0 Å². The second kappa shape index (κ2) is 11.8. The van der Waals surface area contributed by atoms with Crippen LogP contribution in [0.4, 0.5) is 0 Å². The van der Waals surface area contributed by atoms with Gasteiger partial charge in [0.05, 0.1) is 12.2 Å². The van der Waals surface area contributed by atoms with E-state index in [0.717, 1.165) is 11.8 Å². The molecule has 0 saturated heterocycles. The first-order valence-electron chi connectivity index (χ1n) is 13.8. The highest BCUT2D eigenvalue weighted by Crippen LogP contribution is 2.51. The maximum Gasteiger partial charge on any atom is 0.192 e.